The van der Waals surface area contributed by atoms with Crippen LogP contribution in [0, 0.1) is 5.82 Å². The lowest BCUT2D eigenvalue weighted by molar-refractivity contribution is -0.141. The maximum atomic E-state index is 13.1. The third kappa shape index (κ3) is 2.95. The van der Waals surface area contributed by atoms with Gasteiger partial charge in [-0.1, -0.05) is 18.2 Å². The van der Waals surface area contributed by atoms with Crippen molar-refractivity contribution in [1.82, 2.24) is 4.98 Å². The SMILES string of the molecule is C[C@H](N)C(N)(c1ccc(F)cc1)c1ccc(C(F)(F)F)nc1. The molecule has 0 aliphatic rings. The van der Waals surface area contributed by atoms with Crippen LogP contribution in [0.25, 0.3) is 0 Å². The lowest BCUT2D eigenvalue weighted by Gasteiger charge is -2.34. The molecule has 2 aromatic rings. The molecule has 4 N–H and O–H groups in total. The summed E-state index contributed by atoms with van der Waals surface area (Å²) in [6.45, 7) is 1.63. The molecule has 0 aliphatic heterocycles. The number of nitrogens with zero attached hydrogens (tertiary/aromatic N) is 1. The minimum absolute atomic E-state index is 0.321. The molecule has 1 heterocycles. The minimum Gasteiger partial charge on any atom is -0.326 e. The zero-order chi connectivity index (χ0) is 16.5. The van der Waals surface area contributed by atoms with E-state index in [2.05, 4.69) is 4.98 Å². The molecule has 7 heteroatoms. The van der Waals surface area contributed by atoms with Crippen molar-refractivity contribution >= 4 is 0 Å². The van der Waals surface area contributed by atoms with Gasteiger partial charge in [0, 0.05) is 12.2 Å². The Hall–Kier alpha value is -1.99. The molecule has 0 radical (unpaired) electrons. The lowest BCUT2D eigenvalue weighted by atomic mass is 9.79. The second kappa shape index (κ2) is 5.66. The Bertz CT molecular complexity index is 635. The molecule has 0 fully saturated rings. The molecule has 0 aliphatic carbocycles. The van der Waals surface area contributed by atoms with Crippen LogP contribution in [0.5, 0.6) is 0 Å². The van der Waals surface area contributed by atoms with E-state index in [1.54, 1.807) is 6.92 Å². The number of hydrogen-bond acceptors (Lipinski definition) is 3. The average molecular weight is 313 g/mol. The molecule has 0 spiro atoms. The van der Waals surface area contributed by atoms with Gasteiger partial charge in [0.25, 0.3) is 0 Å². The summed E-state index contributed by atoms with van der Waals surface area (Å²) in [5, 5.41) is 0. The number of pyridine rings is 1. The molecule has 22 heavy (non-hydrogen) atoms. The van der Waals surface area contributed by atoms with Crippen LogP contribution in [-0.2, 0) is 11.7 Å². The molecule has 0 saturated heterocycles. The molecule has 1 aromatic heterocycles. The van der Waals surface area contributed by atoms with Crippen molar-refractivity contribution in [3.63, 3.8) is 0 Å². The van der Waals surface area contributed by atoms with Gasteiger partial charge in [-0.3, -0.25) is 4.98 Å². The molecule has 2 rings (SSSR count). The summed E-state index contributed by atoms with van der Waals surface area (Å²) >= 11 is 0. The molecule has 0 saturated carbocycles. The number of alkyl halides is 3. The fourth-order valence-corrected chi connectivity index (χ4v) is 2.22. The highest BCUT2D eigenvalue weighted by Gasteiger charge is 2.36. The number of nitrogens with two attached hydrogens (primary N) is 2. The van der Waals surface area contributed by atoms with E-state index in [9.17, 15) is 17.6 Å². The van der Waals surface area contributed by atoms with Crippen LogP contribution in [0.15, 0.2) is 42.6 Å². The van der Waals surface area contributed by atoms with Gasteiger partial charge < -0.3 is 11.5 Å². The van der Waals surface area contributed by atoms with Crippen molar-refractivity contribution in [2.75, 3.05) is 0 Å². The maximum Gasteiger partial charge on any atom is 0.433 e. The Morgan fingerprint density at radius 2 is 1.55 bits per heavy atom. The first-order chi connectivity index (χ1) is 10.2. The van der Waals surface area contributed by atoms with Gasteiger partial charge in [0.1, 0.15) is 11.5 Å². The molecule has 2 atom stereocenters. The Kier molecular flexibility index (Phi) is 4.21. The van der Waals surface area contributed by atoms with Crippen molar-refractivity contribution in [1.29, 1.82) is 0 Å². The topological polar surface area (TPSA) is 64.9 Å². The van der Waals surface area contributed by atoms with Crippen LogP contribution in [0.3, 0.4) is 0 Å². The van der Waals surface area contributed by atoms with E-state index < -0.39 is 29.3 Å². The first kappa shape index (κ1) is 16.4. The summed E-state index contributed by atoms with van der Waals surface area (Å²) in [4.78, 5) is 3.41. The molecule has 0 bridgehead atoms. The second-order valence-corrected chi connectivity index (χ2v) is 5.09. The molecule has 0 amide bonds. The van der Waals surface area contributed by atoms with Crippen molar-refractivity contribution < 1.29 is 17.6 Å². The Labute approximate surface area is 125 Å². The average Bonchev–Trinajstić information content (AvgIpc) is 2.46. The number of rotatable bonds is 3. The van der Waals surface area contributed by atoms with Gasteiger partial charge >= 0.3 is 6.18 Å². The van der Waals surface area contributed by atoms with E-state index in [-0.39, 0.29) is 0 Å². The lowest BCUT2D eigenvalue weighted by Crippen LogP contribution is -2.52. The van der Waals surface area contributed by atoms with E-state index in [1.807, 2.05) is 0 Å². The fourth-order valence-electron chi connectivity index (χ4n) is 2.22. The number of halogens is 4. The Balaban J connectivity index is 2.50. The van der Waals surface area contributed by atoms with Crippen LogP contribution in [0.4, 0.5) is 17.6 Å². The largest absolute Gasteiger partial charge is 0.433 e. The summed E-state index contributed by atoms with van der Waals surface area (Å²) in [6, 6.07) is 6.81. The smallest absolute Gasteiger partial charge is 0.326 e. The highest BCUT2D eigenvalue weighted by atomic mass is 19.4. The van der Waals surface area contributed by atoms with Crippen molar-refractivity contribution in [2.24, 2.45) is 11.5 Å². The van der Waals surface area contributed by atoms with Crippen molar-refractivity contribution in [3.8, 4) is 0 Å². The summed E-state index contributed by atoms with van der Waals surface area (Å²) < 4.78 is 50.8. The van der Waals surface area contributed by atoms with Crippen LogP contribution in [0.2, 0.25) is 0 Å². The van der Waals surface area contributed by atoms with Gasteiger partial charge in [-0.05, 0) is 36.2 Å². The van der Waals surface area contributed by atoms with E-state index in [4.69, 9.17) is 11.5 Å². The van der Waals surface area contributed by atoms with Gasteiger partial charge in [0.15, 0.2) is 0 Å². The summed E-state index contributed by atoms with van der Waals surface area (Å²) in [7, 11) is 0. The van der Waals surface area contributed by atoms with Crippen LogP contribution in [0.1, 0.15) is 23.7 Å². The maximum absolute atomic E-state index is 13.1. The first-order valence-corrected chi connectivity index (χ1v) is 6.50. The van der Waals surface area contributed by atoms with E-state index >= 15 is 0 Å². The molecule has 1 unspecified atom stereocenters. The quantitative estimate of drug-likeness (QED) is 0.856. The standard InChI is InChI=1S/C15H15F4N3/c1-9(20)14(21,10-2-5-12(16)6-3-10)11-4-7-13(22-8-11)15(17,18)19/h2-9H,20-21H2,1H3/t9-,14?/m0/s1. The molecular formula is C15H15F4N3. The monoisotopic (exact) mass is 313 g/mol. The summed E-state index contributed by atoms with van der Waals surface area (Å²) in [6.07, 6.45) is -3.48. The third-order valence-electron chi connectivity index (χ3n) is 3.57. The fraction of sp³-hybridized carbons (Fsp3) is 0.267. The van der Waals surface area contributed by atoms with Crippen LogP contribution < -0.4 is 11.5 Å². The van der Waals surface area contributed by atoms with E-state index in [0.717, 1.165) is 12.3 Å². The third-order valence-corrected chi connectivity index (χ3v) is 3.57. The zero-order valence-corrected chi connectivity index (χ0v) is 11.7. The second-order valence-electron chi connectivity index (χ2n) is 5.09. The molecule has 118 valence electrons. The van der Waals surface area contributed by atoms with Gasteiger partial charge in [0.05, 0.1) is 5.54 Å². The molecule has 1 aromatic carbocycles. The highest BCUT2D eigenvalue weighted by Crippen LogP contribution is 2.32. The number of hydrogen-bond donors (Lipinski definition) is 2. The van der Waals surface area contributed by atoms with E-state index in [1.165, 1.54) is 30.3 Å². The van der Waals surface area contributed by atoms with Crippen LogP contribution in [-0.4, -0.2) is 11.0 Å². The van der Waals surface area contributed by atoms with Gasteiger partial charge in [-0.15, -0.1) is 0 Å². The molecular weight excluding hydrogens is 298 g/mol. The predicted molar refractivity (Wildman–Crippen MR) is 74.3 cm³/mol. The molecule has 3 nitrogen and oxygen atoms in total. The minimum atomic E-state index is -4.53. The van der Waals surface area contributed by atoms with Crippen molar-refractivity contribution in [3.05, 3.63) is 65.2 Å². The van der Waals surface area contributed by atoms with Crippen molar-refractivity contribution in [2.45, 2.75) is 24.7 Å². The normalized spacial score (nSPS) is 16.1. The number of aromatic nitrogens is 1. The summed E-state index contributed by atoms with van der Waals surface area (Å²) in [5.74, 6) is -0.443. The highest BCUT2D eigenvalue weighted by molar-refractivity contribution is 5.39. The Morgan fingerprint density at radius 1 is 1.00 bits per heavy atom. The first-order valence-electron chi connectivity index (χ1n) is 6.50. The number of benzene rings is 1. The van der Waals surface area contributed by atoms with Crippen LogP contribution >= 0.6 is 0 Å². The van der Waals surface area contributed by atoms with Gasteiger partial charge in [0.2, 0.25) is 0 Å². The zero-order valence-electron chi connectivity index (χ0n) is 11.7. The predicted octanol–water partition coefficient (Wildman–Crippen LogP) is 2.79. The van der Waals surface area contributed by atoms with E-state index in [0.29, 0.717) is 11.1 Å². The Morgan fingerprint density at radius 3 is 1.95 bits per heavy atom. The van der Waals surface area contributed by atoms with Gasteiger partial charge in [-0.25, -0.2) is 4.39 Å². The van der Waals surface area contributed by atoms with Gasteiger partial charge in [-0.2, -0.15) is 13.2 Å². The summed E-state index contributed by atoms with van der Waals surface area (Å²) in [5.41, 5.74) is 10.8.